The van der Waals surface area contributed by atoms with Crippen molar-refractivity contribution in [2.24, 2.45) is 0 Å². The molecule has 1 N–H and O–H groups in total. The van der Waals surface area contributed by atoms with Gasteiger partial charge in [0.25, 0.3) is 15.9 Å². The highest BCUT2D eigenvalue weighted by atomic mass is 32.2. The molecule has 0 aromatic heterocycles. The van der Waals surface area contributed by atoms with Gasteiger partial charge in [0.1, 0.15) is 0 Å². The molecule has 0 radical (unpaired) electrons. The highest BCUT2D eigenvalue weighted by Crippen LogP contribution is 2.22. The van der Waals surface area contributed by atoms with Crippen molar-refractivity contribution in [3.63, 3.8) is 0 Å². The fourth-order valence-corrected chi connectivity index (χ4v) is 4.35. The van der Waals surface area contributed by atoms with Gasteiger partial charge in [0.15, 0.2) is 0 Å². The lowest BCUT2D eigenvalue weighted by atomic mass is 10.2. The Kier molecular flexibility index (Phi) is 6.89. The Bertz CT molecular complexity index is 937. The van der Waals surface area contributed by atoms with Crippen LogP contribution in [-0.2, 0) is 14.9 Å². The zero-order chi connectivity index (χ0) is 20.9. The third-order valence-electron chi connectivity index (χ3n) is 5.09. The second kappa shape index (κ2) is 9.39. The Labute approximate surface area is 172 Å². The molecule has 0 unspecified atom stereocenters. The maximum Gasteiger partial charge on any atom is 0.264 e. The van der Waals surface area contributed by atoms with Crippen LogP contribution in [0.3, 0.4) is 0 Å². The molecular weight excluding hydrogens is 390 g/mol. The van der Waals surface area contributed by atoms with Gasteiger partial charge in [0.2, 0.25) is 0 Å². The monoisotopic (exact) mass is 417 g/mol. The summed E-state index contributed by atoms with van der Waals surface area (Å²) in [6.45, 7) is 2.12. The molecule has 1 heterocycles. The Balaban J connectivity index is 1.71. The fourth-order valence-electron chi connectivity index (χ4n) is 3.33. The molecule has 7 nitrogen and oxygen atoms in total. The molecule has 156 valence electrons. The number of rotatable bonds is 6. The summed E-state index contributed by atoms with van der Waals surface area (Å²) in [4.78, 5) is 19.7. The molecule has 0 spiro atoms. The first-order valence-corrected chi connectivity index (χ1v) is 11.2. The van der Waals surface area contributed by atoms with Gasteiger partial charge in [-0.1, -0.05) is 23.4 Å². The van der Waals surface area contributed by atoms with Crippen LogP contribution in [0.4, 0.5) is 11.4 Å². The fraction of sp³-hybridized carbons (Fsp3) is 0.381. The van der Waals surface area contributed by atoms with Crippen molar-refractivity contribution in [1.82, 2.24) is 4.47 Å². The van der Waals surface area contributed by atoms with E-state index in [9.17, 15) is 13.2 Å². The van der Waals surface area contributed by atoms with Crippen LogP contribution in [0.2, 0.25) is 0 Å². The van der Waals surface area contributed by atoms with E-state index >= 15 is 0 Å². The molecule has 1 aliphatic rings. The predicted octanol–water partition coefficient (Wildman–Crippen LogP) is 3.50. The van der Waals surface area contributed by atoms with Gasteiger partial charge in [-0.05, 0) is 55.3 Å². The minimum Gasteiger partial charge on any atom is -0.372 e. The molecule has 29 heavy (non-hydrogen) atoms. The van der Waals surface area contributed by atoms with Crippen LogP contribution < -0.4 is 10.2 Å². The Morgan fingerprint density at radius 3 is 2.31 bits per heavy atom. The smallest absolute Gasteiger partial charge is 0.264 e. The van der Waals surface area contributed by atoms with Crippen LogP contribution in [0, 0.1) is 0 Å². The van der Waals surface area contributed by atoms with E-state index in [-0.39, 0.29) is 16.4 Å². The zero-order valence-electron chi connectivity index (χ0n) is 16.8. The average molecular weight is 418 g/mol. The number of nitrogens with one attached hydrogen (secondary N) is 1. The highest BCUT2D eigenvalue weighted by Gasteiger charge is 2.22. The summed E-state index contributed by atoms with van der Waals surface area (Å²) < 4.78 is 25.5. The summed E-state index contributed by atoms with van der Waals surface area (Å²) in [6.07, 6.45) is 4.96. The van der Waals surface area contributed by atoms with Crippen molar-refractivity contribution >= 4 is 27.3 Å². The predicted molar refractivity (Wildman–Crippen MR) is 113 cm³/mol. The SMILES string of the molecule is CON(C)S(=O)(=O)c1cccc(C(=O)Nc2ccc(N3CCCCCC3)cc2)c1. The molecule has 0 saturated carbocycles. The summed E-state index contributed by atoms with van der Waals surface area (Å²) in [7, 11) is -1.25. The van der Waals surface area contributed by atoms with E-state index in [0.29, 0.717) is 5.69 Å². The number of nitrogens with zero attached hydrogens (tertiary/aromatic N) is 2. The number of hydroxylamine groups is 1. The van der Waals surface area contributed by atoms with Crippen LogP contribution in [0.15, 0.2) is 53.4 Å². The first kappa shape index (κ1) is 21.3. The molecule has 3 rings (SSSR count). The molecule has 0 atom stereocenters. The number of sulfonamides is 1. The van der Waals surface area contributed by atoms with Gasteiger partial charge in [0.05, 0.1) is 12.0 Å². The molecule has 1 saturated heterocycles. The maximum atomic E-state index is 12.6. The van der Waals surface area contributed by atoms with E-state index in [1.165, 1.54) is 58.0 Å². The third-order valence-corrected chi connectivity index (χ3v) is 6.76. The molecule has 0 aliphatic carbocycles. The molecule has 1 aliphatic heterocycles. The van der Waals surface area contributed by atoms with Gasteiger partial charge in [-0.3, -0.25) is 9.63 Å². The maximum absolute atomic E-state index is 12.6. The Morgan fingerprint density at radius 1 is 1.03 bits per heavy atom. The number of amides is 1. The lowest BCUT2D eigenvalue weighted by Crippen LogP contribution is -2.26. The van der Waals surface area contributed by atoms with Gasteiger partial charge in [0, 0.05) is 37.1 Å². The minimum atomic E-state index is -3.81. The number of hydrogen-bond acceptors (Lipinski definition) is 5. The second-order valence-corrected chi connectivity index (χ2v) is 8.96. The summed E-state index contributed by atoms with van der Waals surface area (Å²) in [6, 6.07) is 13.6. The van der Waals surface area contributed by atoms with Crippen molar-refractivity contribution in [1.29, 1.82) is 0 Å². The van der Waals surface area contributed by atoms with Gasteiger partial charge in [-0.15, -0.1) is 0 Å². The number of benzene rings is 2. The normalized spacial score (nSPS) is 15.2. The van der Waals surface area contributed by atoms with Crippen LogP contribution in [-0.4, -0.2) is 46.0 Å². The Morgan fingerprint density at radius 2 is 1.69 bits per heavy atom. The number of anilines is 2. The quantitative estimate of drug-likeness (QED) is 0.728. The lowest BCUT2D eigenvalue weighted by molar-refractivity contribution is -0.0258. The van der Waals surface area contributed by atoms with E-state index in [2.05, 4.69) is 10.2 Å². The average Bonchev–Trinajstić information content (AvgIpc) is 3.03. The first-order chi connectivity index (χ1) is 13.9. The highest BCUT2D eigenvalue weighted by molar-refractivity contribution is 7.89. The van der Waals surface area contributed by atoms with Crippen molar-refractivity contribution < 1.29 is 18.0 Å². The molecular formula is C21H27N3O4S. The van der Waals surface area contributed by atoms with Crippen LogP contribution in [0.5, 0.6) is 0 Å². The second-order valence-electron chi connectivity index (χ2n) is 7.03. The van der Waals surface area contributed by atoms with E-state index in [4.69, 9.17) is 4.84 Å². The number of hydrogen-bond donors (Lipinski definition) is 1. The number of carbonyl (C=O) groups excluding carboxylic acids is 1. The third kappa shape index (κ3) is 5.14. The van der Waals surface area contributed by atoms with Crippen LogP contribution in [0.1, 0.15) is 36.0 Å². The van der Waals surface area contributed by atoms with Crippen molar-refractivity contribution in [2.45, 2.75) is 30.6 Å². The van der Waals surface area contributed by atoms with Crippen molar-refractivity contribution in [2.75, 3.05) is 37.5 Å². The molecule has 1 fully saturated rings. The van der Waals surface area contributed by atoms with Crippen LogP contribution >= 0.6 is 0 Å². The Hall–Kier alpha value is -2.42. The largest absolute Gasteiger partial charge is 0.372 e. The van der Waals surface area contributed by atoms with Crippen LogP contribution in [0.25, 0.3) is 0 Å². The van der Waals surface area contributed by atoms with E-state index in [1.807, 2.05) is 24.3 Å². The minimum absolute atomic E-state index is 0.00832. The van der Waals surface area contributed by atoms with E-state index < -0.39 is 10.0 Å². The summed E-state index contributed by atoms with van der Waals surface area (Å²) >= 11 is 0. The number of carbonyl (C=O) groups is 1. The molecule has 2 aromatic rings. The molecule has 8 heteroatoms. The first-order valence-electron chi connectivity index (χ1n) is 9.71. The van der Waals surface area contributed by atoms with Gasteiger partial charge in [-0.25, -0.2) is 8.42 Å². The van der Waals surface area contributed by atoms with E-state index in [1.54, 1.807) is 6.07 Å². The van der Waals surface area contributed by atoms with Gasteiger partial charge < -0.3 is 10.2 Å². The van der Waals surface area contributed by atoms with Crippen molar-refractivity contribution in [3.8, 4) is 0 Å². The molecule has 0 bridgehead atoms. The summed E-state index contributed by atoms with van der Waals surface area (Å²) in [5, 5.41) is 2.83. The van der Waals surface area contributed by atoms with Gasteiger partial charge >= 0.3 is 0 Å². The summed E-state index contributed by atoms with van der Waals surface area (Å²) in [5.74, 6) is -0.371. The van der Waals surface area contributed by atoms with Crippen molar-refractivity contribution in [3.05, 3.63) is 54.1 Å². The molecule has 1 amide bonds. The topological polar surface area (TPSA) is 78.9 Å². The van der Waals surface area contributed by atoms with Gasteiger partial charge in [-0.2, -0.15) is 0 Å². The zero-order valence-corrected chi connectivity index (χ0v) is 17.6. The van der Waals surface area contributed by atoms with E-state index in [0.717, 1.165) is 23.2 Å². The molecule has 2 aromatic carbocycles. The standard InChI is InChI=1S/C21H27N3O4S/c1-23(28-2)29(26,27)20-9-7-8-17(16-20)21(25)22-18-10-12-19(13-11-18)24-14-5-3-4-6-15-24/h7-13,16H,3-6,14-15H2,1-2H3,(H,22,25). The lowest BCUT2D eigenvalue weighted by Gasteiger charge is -2.22. The summed E-state index contributed by atoms with van der Waals surface area (Å²) in [5.41, 5.74) is 2.07.